The molecule has 1 fully saturated rings. The van der Waals surface area contributed by atoms with E-state index in [4.69, 9.17) is 0 Å². The van der Waals surface area contributed by atoms with Gasteiger partial charge in [0.05, 0.1) is 12.2 Å². The van der Waals surface area contributed by atoms with Gasteiger partial charge in [-0.3, -0.25) is 9.48 Å². The Balaban J connectivity index is 1.85. The lowest BCUT2D eigenvalue weighted by molar-refractivity contribution is -0.122. The molecule has 4 nitrogen and oxygen atoms in total. The average molecular weight is 207 g/mol. The number of hydrogen-bond acceptors (Lipinski definition) is 2. The van der Waals surface area contributed by atoms with Crippen LogP contribution in [0.4, 0.5) is 0 Å². The third-order valence-corrected chi connectivity index (χ3v) is 3.05. The predicted molar refractivity (Wildman–Crippen MR) is 57.1 cm³/mol. The molecule has 2 rings (SSSR count). The molecule has 15 heavy (non-hydrogen) atoms. The quantitative estimate of drug-likeness (QED) is 0.803. The molecule has 1 aliphatic rings. The van der Waals surface area contributed by atoms with Crippen molar-refractivity contribution >= 4 is 5.91 Å². The van der Waals surface area contributed by atoms with Crippen molar-refractivity contribution in [3.63, 3.8) is 0 Å². The largest absolute Gasteiger partial charge is 0.350 e. The first-order valence-corrected chi connectivity index (χ1v) is 5.35. The summed E-state index contributed by atoms with van der Waals surface area (Å²) in [5.74, 6) is 0.982. The fourth-order valence-corrected chi connectivity index (χ4v) is 1.72. The average Bonchev–Trinajstić information content (AvgIpc) is 2.82. The summed E-state index contributed by atoms with van der Waals surface area (Å²) < 4.78 is 1.82. The number of hydrogen-bond donors (Lipinski definition) is 1. The third-order valence-electron chi connectivity index (χ3n) is 3.05. The maximum atomic E-state index is 11.5. The van der Waals surface area contributed by atoms with Crippen LogP contribution >= 0.6 is 0 Å². The smallest absolute Gasteiger partial charge is 0.223 e. The lowest BCUT2D eigenvalue weighted by Crippen LogP contribution is -2.25. The fourth-order valence-electron chi connectivity index (χ4n) is 1.72. The van der Waals surface area contributed by atoms with Crippen LogP contribution in [-0.2, 0) is 18.4 Å². The number of aromatic nitrogens is 2. The number of carbonyl (C=O) groups excluding carboxylic acids is 1. The molecule has 0 aromatic carbocycles. The molecule has 1 N–H and O–H groups in total. The van der Waals surface area contributed by atoms with Gasteiger partial charge in [-0.2, -0.15) is 5.10 Å². The Labute approximate surface area is 89.7 Å². The fraction of sp³-hybridized carbons (Fsp3) is 0.636. The Bertz CT molecular complexity index is 364. The molecule has 0 radical (unpaired) electrons. The van der Waals surface area contributed by atoms with Crippen LogP contribution < -0.4 is 5.32 Å². The summed E-state index contributed by atoms with van der Waals surface area (Å²) in [7, 11) is 1.91. The van der Waals surface area contributed by atoms with Crippen molar-refractivity contribution in [2.45, 2.75) is 26.8 Å². The molecule has 1 aromatic rings. The Morgan fingerprint density at radius 1 is 1.73 bits per heavy atom. The summed E-state index contributed by atoms with van der Waals surface area (Å²) in [5.41, 5.74) is 2.04. The zero-order valence-corrected chi connectivity index (χ0v) is 9.45. The van der Waals surface area contributed by atoms with Crippen LogP contribution in [0, 0.1) is 18.8 Å². The standard InChI is InChI=1S/C11H17N3O/c1-7-4-10(7)11(15)12-6-9-5-8(2)14(3)13-9/h5,7,10H,4,6H2,1-3H3,(H,12,15)/t7-,10-/m1/s1. The highest BCUT2D eigenvalue weighted by atomic mass is 16.2. The minimum Gasteiger partial charge on any atom is -0.350 e. The molecule has 2 atom stereocenters. The van der Waals surface area contributed by atoms with E-state index in [-0.39, 0.29) is 11.8 Å². The summed E-state index contributed by atoms with van der Waals surface area (Å²) in [4.78, 5) is 11.5. The highest BCUT2D eigenvalue weighted by Crippen LogP contribution is 2.37. The monoisotopic (exact) mass is 207 g/mol. The van der Waals surface area contributed by atoms with E-state index in [1.54, 1.807) is 0 Å². The van der Waals surface area contributed by atoms with Crippen LogP contribution in [0.25, 0.3) is 0 Å². The van der Waals surface area contributed by atoms with Gasteiger partial charge < -0.3 is 5.32 Å². The molecule has 1 aromatic heterocycles. The maximum Gasteiger partial charge on any atom is 0.223 e. The van der Waals surface area contributed by atoms with E-state index in [1.165, 1.54) is 0 Å². The second kappa shape index (κ2) is 3.68. The molecular weight excluding hydrogens is 190 g/mol. The van der Waals surface area contributed by atoms with Gasteiger partial charge in [-0.25, -0.2) is 0 Å². The van der Waals surface area contributed by atoms with Gasteiger partial charge in [-0.15, -0.1) is 0 Å². The molecule has 0 unspecified atom stereocenters. The van der Waals surface area contributed by atoms with Crippen molar-refractivity contribution in [3.8, 4) is 0 Å². The predicted octanol–water partition coefficient (Wildman–Crippen LogP) is 1.00. The van der Waals surface area contributed by atoms with Gasteiger partial charge in [0.1, 0.15) is 0 Å². The highest BCUT2D eigenvalue weighted by molar-refractivity contribution is 5.81. The maximum absolute atomic E-state index is 11.5. The van der Waals surface area contributed by atoms with E-state index in [9.17, 15) is 4.79 Å². The second-order valence-electron chi connectivity index (χ2n) is 4.44. The minimum absolute atomic E-state index is 0.172. The Kier molecular flexibility index (Phi) is 2.50. The topological polar surface area (TPSA) is 46.9 Å². The zero-order chi connectivity index (χ0) is 11.0. The minimum atomic E-state index is 0.172. The Morgan fingerprint density at radius 3 is 2.87 bits per heavy atom. The normalized spacial score (nSPS) is 23.9. The highest BCUT2D eigenvalue weighted by Gasteiger charge is 2.38. The Morgan fingerprint density at radius 2 is 2.40 bits per heavy atom. The van der Waals surface area contributed by atoms with Crippen LogP contribution in [0.5, 0.6) is 0 Å². The number of nitrogens with zero attached hydrogens (tertiary/aromatic N) is 2. The van der Waals surface area contributed by atoms with Gasteiger partial charge >= 0.3 is 0 Å². The van der Waals surface area contributed by atoms with Crippen LogP contribution in [0.1, 0.15) is 24.7 Å². The van der Waals surface area contributed by atoms with Crippen LogP contribution in [0.15, 0.2) is 6.07 Å². The van der Waals surface area contributed by atoms with E-state index in [2.05, 4.69) is 17.3 Å². The van der Waals surface area contributed by atoms with E-state index in [0.717, 1.165) is 17.8 Å². The van der Waals surface area contributed by atoms with Gasteiger partial charge in [0.2, 0.25) is 5.91 Å². The number of nitrogens with one attached hydrogen (secondary N) is 1. The molecule has 4 heteroatoms. The molecule has 1 amide bonds. The van der Waals surface area contributed by atoms with Gasteiger partial charge in [0.25, 0.3) is 0 Å². The number of aryl methyl sites for hydroxylation is 2. The van der Waals surface area contributed by atoms with Gasteiger partial charge in [-0.05, 0) is 25.3 Å². The number of rotatable bonds is 3. The lowest BCUT2D eigenvalue weighted by Gasteiger charge is -2.00. The third kappa shape index (κ3) is 2.19. The van der Waals surface area contributed by atoms with Crippen LogP contribution in [0.3, 0.4) is 0 Å². The van der Waals surface area contributed by atoms with Crippen molar-refractivity contribution in [1.29, 1.82) is 0 Å². The molecule has 82 valence electrons. The number of amides is 1. The van der Waals surface area contributed by atoms with Gasteiger partial charge in [0, 0.05) is 18.7 Å². The molecule has 1 aliphatic carbocycles. The van der Waals surface area contributed by atoms with Crippen LogP contribution in [-0.4, -0.2) is 15.7 Å². The van der Waals surface area contributed by atoms with E-state index < -0.39 is 0 Å². The summed E-state index contributed by atoms with van der Waals surface area (Å²) in [6.45, 7) is 4.65. The van der Waals surface area contributed by atoms with Crippen LogP contribution in [0.2, 0.25) is 0 Å². The van der Waals surface area contributed by atoms with Crippen molar-refractivity contribution in [3.05, 3.63) is 17.5 Å². The molecule has 0 saturated heterocycles. The number of carbonyl (C=O) groups is 1. The van der Waals surface area contributed by atoms with Crippen molar-refractivity contribution < 1.29 is 4.79 Å². The molecular formula is C11H17N3O. The molecule has 1 saturated carbocycles. The summed E-state index contributed by atoms with van der Waals surface area (Å²) >= 11 is 0. The summed E-state index contributed by atoms with van der Waals surface area (Å²) in [6.07, 6.45) is 1.03. The van der Waals surface area contributed by atoms with Crippen molar-refractivity contribution in [2.75, 3.05) is 0 Å². The zero-order valence-electron chi connectivity index (χ0n) is 9.45. The van der Waals surface area contributed by atoms with Crippen molar-refractivity contribution in [2.24, 2.45) is 18.9 Å². The summed E-state index contributed by atoms with van der Waals surface area (Å²) in [5, 5.41) is 7.20. The first kappa shape index (κ1) is 10.2. The summed E-state index contributed by atoms with van der Waals surface area (Å²) in [6, 6.07) is 2.00. The Hall–Kier alpha value is -1.32. The molecule has 1 heterocycles. The van der Waals surface area contributed by atoms with Gasteiger partial charge in [0.15, 0.2) is 0 Å². The molecule has 0 aliphatic heterocycles. The molecule has 0 bridgehead atoms. The van der Waals surface area contributed by atoms with E-state index in [0.29, 0.717) is 12.5 Å². The van der Waals surface area contributed by atoms with E-state index in [1.807, 2.05) is 24.7 Å². The van der Waals surface area contributed by atoms with Gasteiger partial charge in [-0.1, -0.05) is 6.92 Å². The first-order valence-electron chi connectivity index (χ1n) is 5.35. The molecule has 0 spiro atoms. The second-order valence-corrected chi connectivity index (χ2v) is 4.44. The SMILES string of the molecule is Cc1cc(CNC(=O)[C@@H]2C[C@H]2C)nn1C. The van der Waals surface area contributed by atoms with Crippen molar-refractivity contribution in [1.82, 2.24) is 15.1 Å². The lowest BCUT2D eigenvalue weighted by atomic mass is 10.3. The van der Waals surface area contributed by atoms with E-state index >= 15 is 0 Å². The first-order chi connectivity index (χ1) is 7.08.